The number of hydrogen-bond acceptors (Lipinski definition) is 2. The highest BCUT2D eigenvalue weighted by Gasteiger charge is 2.04. The first-order valence-electron chi connectivity index (χ1n) is 9.93. The van der Waals surface area contributed by atoms with Gasteiger partial charge in [-0.15, -0.1) is 24.0 Å². The van der Waals surface area contributed by atoms with E-state index in [-0.39, 0.29) is 29.9 Å². The number of anilines is 1. The van der Waals surface area contributed by atoms with Crippen LogP contribution in [0.25, 0.3) is 10.9 Å². The number of H-pyrrole nitrogens is 1. The Morgan fingerprint density at radius 2 is 1.73 bits per heavy atom. The average Bonchev–Trinajstić information content (AvgIpc) is 3.09. The van der Waals surface area contributed by atoms with Gasteiger partial charge in [0.15, 0.2) is 5.96 Å². The minimum Gasteiger partial charge on any atom is -0.361 e. The number of aliphatic imine (C=N–C) groups is 1. The number of nitrogens with zero attached hydrogens (tertiary/aromatic N) is 1. The van der Waals surface area contributed by atoms with Gasteiger partial charge >= 0.3 is 0 Å². The molecule has 30 heavy (non-hydrogen) atoms. The highest BCUT2D eigenvalue weighted by molar-refractivity contribution is 14.0. The average molecular weight is 519 g/mol. The van der Waals surface area contributed by atoms with Crippen LogP contribution in [-0.4, -0.2) is 37.0 Å². The van der Waals surface area contributed by atoms with Crippen molar-refractivity contribution in [1.82, 2.24) is 15.6 Å². The minimum absolute atomic E-state index is 0. The van der Waals surface area contributed by atoms with Crippen molar-refractivity contribution in [3.05, 3.63) is 65.4 Å². The first kappa shape index (κ1) is 23.7. The summed E-state index contributed by atoms with van der Waals surface area (Å²) in [5.74, 6) is 0.743. The van der Waals surface area contributed by atoms with E-state index in [1.165, 1.54) is 34.5 Å². The van der Waals surface area contributed by atoms with E-state index in [1.54, 1.807) is 7.05 Å². The molecule has 1 heterocycles. The van der Waals surface area contributed by atoms with E-state index in [9.17, 15) is 4.79 Å². The van der Waals surface area contributed by atoms with Crippen molar-refractivity contribution in [3.63, 3.8) is 0 Å². The molecule has 1 amide bonds. The van der Waals surface area contributed by atoms with Crippen molar-refractivity contribution in [2.45, 2.75) is 26.7 Å². The van der Waals surface area contributed by atoms with E-state index in [0.717, 1.165) is 37.6 Å². The summed E-state index contributed by atoms with van der Waals surface area (Å²) in [5.41, 5.74) is 5.78. The first-order valence-corrected chi connectivity index (χ1v) is 9.93. The van der Waals surface area contributed by atoms with Gasteiger partial charge in [0.1, 0.15) is 0 Å². The van der Waals surface area contributed by atoms with Crippen LogP contribution in [0.3, 0.4) is 0 Å². The third kappa shape index (κ3) is 6.76. The van der Waals surface area contributed by atoms with Crippen LogP contribution >= 0.6 is 24.0 Å². The van der Waals surface area contributed by atoms with Gasteiger partial charge in [0.2, 0.25) is 5.91 Å². The summed E-state index contributed by atoms with van der Waals surface area (Å²) in [7, 11) is 1.78. The number of halogens is 1. The predicted octanol–water partition coefficient (Wildman–Crippen LogP) is 4.00. The molecule has 0 spiro atoms. The number of guanidine groups is 1. The van der Waals surface area contributed by atoms with Gasteiger partial charge in [-0.05, 0) is 54.7 Å². The molecular weight excluding hydrogens is 489 g/mol. The molecule has 4 N–H and O–H groups in total. The van der Waals surface area contributed by atoms with E-state index in [4.69, 9.17) is 0 Å². The molecule has 0 bridgehead atoms. The molecule has 0 fully saturated rings. The fourth-order valence-electron chi connectivity index (χ4n) is 3.33. The van der Waals surface area contributed by atoms with E-state index < -0.39 is 0 Å². The lowest BCUT2D eigenvalue weighted by Crippen LogP contribution is -2.39. The summed E-state index contributed by atoms with van der Waals surface area (Å²) in [4.78, 5) is 18.7. The smallest absolute Gasteiger partial charge is 0.221 e. The van der Waals surface area contributed by atoms with Gasteiger partial charge in [-0.1, -0.05) is 24.3 Å². The molecule has 6 nitrogen and oxygen atoms in total. The summed E-state index contributed by atoms with van der Waals surface area (Å²) in [5, 5.41) is 10.8. The second-order valence-electron chi connectivity index (χ2n) is 7.17. The molecular formula is C23H30IN5O. The molecule has 0 aliphatic carbocycles. The van der Waals surface area contributed by atoms with Crippen LogP contribution in [0.4, 0.5) is 5.69 Å². The zero-order valence-corrected chi connectivity index (χ0v) is 20.0. The number of aromatic nitrogens is 1. The van der Waals surface area contributed by atoms with Crippen molar-refractivity contribution in [1.29, 1.82) is 0 Å². The SMILES string of the molecule is CN=C(NCCc1ccc(NC(C)=O)cc1)NCCc1c[nH]c2cc(C)ccc12.I. The Morgan fingerprint density at radius 3 is 2.40 bits per heavy atom. The molecule has 0 radical (unpaired) electrons. The first-order chi connectivity index (χ1) is 14.0. The summed E-state index contributed by atoms with van der Waals surface area (Å²) < 4.78 is 0. The maximum Gasteiger partial charge on any atom is 0.221 e. The monoisotopic (exact) mass is 519 g/mol. The zero-order valence-electron chi connectivity index (χ0n) is 17.7. The van der Waals surface area contributed by atoms with Gasteiger partial charge in [-0.2, -0.15) is 0 Å². The largest absolute Gasteiger partial charge is 0.361 e. The predicted molar refractivity (Wildman–Crippen MR) is 136 cm³/mol. The molecule has 0 saturated heterocycles. The quantitative estimate of drug-likeness (QED) is 0.217. The van der Waals surface area contributed by atoms with Crippen LogP contribution in [0.2, 0.25) is 0 Å². The lowest BCUT2D eigenvalue weighted by atomic mass is 10.1. The second kappa shape index (κ2) is 11.6. The lowest BCUT2D eigenvalue weighted by Gasteiger charge is -2.12. The van der Waals surface area contributed by atoms with E-state index in [0.29, 0.717) is 0 Å². The standard InChI is InChI=1S/C23H29N5O.HI/c1-16-4-9-21-19(15-27-22(21)14-16)11-13-26-23(24-3)25-12-10-18-5-7-20(8-6-18)28-17(2)29;/h4-9,14-15,27H,10-13H2,1-3H3,(H,28,29)(H2,24,25,26);1H. The Morgan fingerprint density at radius 1 is 1.03 bits per heavy atom. The number of amides is 1. The molecule has 0 saturated carbocycles. The summed E-state index contributed by atoms with van der Waals surface area (Å²) >= 11 is 0. The van der Waals surface area contributed by atoms with Gasteiger partial charge in [-0.3, -0.25) is 9.79 Å². The zero-order chi connectivity index (χ0) is 20.6. The molecule has 2 aromatic carbocycles. The summed E-state index contributed by atoms with van der Waals surface area (Å²) in [6, 6.07) is 14.4. The van der Waals surface area contributed by atoms with E-state index in [2.05, 4.69) is 57.2 Å². The normalized spacial score (nSPS) is 11.1. The van der Waals surface area contributed by atoms with Crippen LogP contribution < -0.4 is 16.0 Å². The molecule has 3 rings (SSSR count). The minimum atomic E-state index is -0.0583. The van der Waals surface area contributed by atoms with Gasteiger partial charge in [0, 0.05) is 49.8 Å². The fourth-order valence-corrected chi connectivity index (χ4v) is 3.33. The van der Waals surface area contributed by atoms with E-state index in [1.807, 2.05) is 24.3 Å². The van der Waals surface area contributed by atoms with Crippen LogP contribution in [0, 0.1) is 6.92 Å². The van der Waals surface area contributed by atoms with Crippen molar-refractivity contribution in [3.8, 4) is 0 Å². The van der Waals surface area contributed by atoms with Crippen LogP contribution in [0.1, 0.15) is 23.6 Å². The van der Waals surface area contributed by atoms with Gasteiger partial charge in [0.05, 0.1) is 0 Å². The highest BCUT2D eigenvalue weighted by Crippen LogP contribution is 2.19. The molecule has 0 aliphatic heterocycles. The number of aryl methyl sites for hydroxylation is 1. The second-order valence-corrected chi connectivity index (χ2v) is 7.17. The highest BCUT2D eigenvalue weighted by atomic mass is 127. The number of aromatic amines is 1. The van der Waals surface area contributed by atoms with Gasteiger partial charge in [0.25, 0.3) is 0 Å². The lowest BCUT2D eigenvalue weighted by molar-refractivity contribution is -0.114. The number of nitrogens with one attached hydrogen (secondary N) is 4. The molecule has 7 heteroatoms. The number of fused-ring (bicyclic) bond motifs is 1. The topological polar surface area (TPSA) is 81.3 Å². The maximum absolute atomic E-state index is 11.1. The Bertz CT molecular complexity index is 995. The maximum atomic E-state index is 11.1. The number of carbonyl (C=O) groups excluding carboxylic acids is 1. The molecule has 0 atom stereocenters. The Hall–Kier alpha value is -2.55. The molecule has 0 aliphatic rings. The molecule has 160 valence electrons. The molecule has 1 aromatic heterocycles. The van der Waals surface area contributed by atoms with Crippen LogP contribution in [-0.2, 0) is 17.6 Å². The molecule has 0 unspecified atom stereocenters. The van der Waals surface area contributed by atoms with Crippen LogP contribution in [0.5, 0.6) is 0 Å². The number of benzene rings is 2. The number of rotatable bonds is 7. The summed E-state index contributed by atoms with van der Waals surface area (Å²) in [6.07, 6.45) is 3.89. The Kier molecular flexibility index (Phi) is 9.16. The fraction of sp³-hybridized carbons (Fsp3) is 0.304. The third-order valence-electron chi connectivity index (χ3n) is 4.81. The molecule has 3 aromatic rings. The van der Waals surface area contributed by atoms with Crippen molar-refractivity contribution in [2.75, 3.05) is 25.5 Å². The van der Waals surface area contributed by atoms with Crippen molar-refractivity contribution >= 4 is 52.4 Å². The number of carbonyl (C=O) groups is 1. The Labute approximate surface area is 195 Å². The van der Waals surface area contributed by atoms with Crippen LogP contribution in [0.15, 0.2) is 53.7 Å². The van der Waals surface area contributed by atoms with Gasteiger partial charge < -0.3 is 20.9 Å². The van der Waals surface area contributed by atoms with Gasteiger partial charge in [-0.25, -0.2) is 0 Å². The summed E-state index contributed by atoms with van der Waals surface area (Å²) in [6.45, 7) is 5.21. The van der Waals surface area contributed by atoms with E-state index >= 15 is 0 Å². The third-order valence-corrected chi connectivity index (χ3v) is 4.81. The number of hydrogen-bond donors (Lipinski definition) is 4. The Balaban J connectivity index is 0.00000320. The van der Waals surface area contributed by atoms with Crippen molar-refractivity contribution in [2.24, 2.45) is 4.99 Å². The van der Waals surface area contributed by atoms with Crippen molar-refractivity contribution < 1.29 is 4.79 Å².